The molecule has 0 aromatic rings. The number of carbonyl (C=O) groups is 1. The van der Waals surface area contributed by atoms with Gasteiger partial charge in [-0.05, 0) is 0 Å². The summed E-state index contributed by atoms with van der Waals surface area (Å²) < 4.78 is 19.0. The van der Waals surface area contributed by atoms with Gasteiger partial charge in [0.25, 0.3) is 0 Å². The molecule has 0 spiro atoms. The number of phosphoric ester groups is 1. The van der Waals surface area contributed by atoms with Gasteiger partial charge in [0.05, 0.1) is 0 Å². The monoisotopic (exact) mass is 274 g/mol. The zero-order valence-corrected chi connectivity index (χ0v) is 9.04. The summed E-state index contributed by atoms with van der Waals surface area (Å²) in [5.74, 6) is -1.71. The molecular formula is C6H11O10P. The molecule has 1 aliphatic heterocycles. The molecule has 17 heavy (non-hydrogen) atoms. The predicted molar refractivity (Wildman–Crippen MR) is 47.4 cm³/mol. The SMILES string of the molecule is O=C(O)[C@H]1O[C@@H](O)[C@H](O)[C@@H](O)[C@H]1OP(=O)(O)O. The van der Waals surface area contributed by atoms with Crippen LogP contribution in [0, 0.1) is 0 Å². The molecule has 0 aromatic carbocycles. The number of carboxylic acid groups (broad SMARTS) is 1. The van der Waals surface area contributed by atoms with Gasteiger partial charge >= 0.3 is 13.8 Å². The highest BCUT2D eigenvalue weighted by Gasteiger charge is 2.50. The molecule has 1 rings (SSSR count). The maximum Gasteiger partial charge on any atom is 0.470 e. The number of aliphatic hydroxyl groups excluding tert-OH is 3. The first-order valence-electron chi connectivity index (χ1n) is 4.30. The van der Waals surface area contributed by atoms with Crippen LogP contribution >= 0.6 is 7.82 Å². The van der Waals surface area contributed by atoms with Crippen LogP contribution in [-0.4, -0.2) is 66.9 Å². The van der Waals surface area contributed by atoms with Crippen LogP contribution in [0.4, 0.5) is 0 Å². The summed E-state index contributed by atoms with van der Waals surface area (Å²) in [6, 6.07) is 0. The van der Waals surface area contributed by atoms with Crippen molar-refractivity contribution >= 4 is 13.8 Å². The van der Waals surface area contributed by atoms with E-state index >= 15 is 0 Å². The first-order chi connectivity index (χ1) is 7.63. The van der Waals surface area contributed by atoms with Crippen molar-refractivity contribution in [1.82, 2.24) is 0 Å². The van der Waals surface area contributed by atoms with Crippen LogP contribution in [-0.2, 0) is 18.6 Å². The van der Waals surface area contributed by atoms with Gasteiger partial charge < -0.3 is 34.9 Å². The first-order valence-corrected chi connectivity index (χ1v) is 5.83. The van der Waals surface area contributed by atoms with Crippen LogP contribution in [0.5, 0.6) is 0 Å². The summed E-state index contributed by atoms with van der Waals surface area (Å²) in [4.78, 5) is 27.7. The number of hydrogen-bond donors (Lipinski definition) is 6. The van der Waals surface area contributed by atoms with Crippen molar-refractivity contribution in [2.24, 2.45) is 0 Å². The Balaban J connectivity index is 2.94. The smallest absolute Gasteiger partial charge is 0.470 e. The minimum atomic E-state index is -5.09. The van der Waals surface area contributed by atoms with Crippen LogP contribution in [0.1, 0.15) is 0 Å². The van der Waals surface area contributed by atoms with E-state index in [1.807, 2.05) is 0 Å². The van der Waals surface area contributed by atoms with Crippen LogP contribution in [0.15, 0.2) is 0 Å². The minimum absolute atomic E-state index is 1.71. The Bertz CT molecular complexity index is 338. The second kappa shape index (κ2) is 4.96. The minimum Gasteiger partial charge on any atom is -0.479 e. The van der Waals surface area contributed by atoms with Crippen molar-refractivity contribution in [3.63, 3.8) is 0 Å². The Kier molecular flexibility index (Phi) is 4.23. The quantitative estimate of drug-likeness (QED) is 0.291. The number of carboxylic acids is 1. The van der Waals surface area contributed by atoms with E-state index in [1.165, 1.54) is 0 Å². The third-order valence-corrected chi connectivity index (χ3v) is 2.58. The molecule has 0 amide bonds. The van der Waals surface area contributed by atoms with Gasteiger partial charge in [-0.1, -0.05) is 0 Å². The van der Waals surface area contributed by atoms with E-state index < -0.39 is 44.5 Å². The third-order valence-electron chi connectivity index (χ3n) is 2.07. The van der Waals surface area contributed by atoms with Crippen LogP contribution in [0.25, 0.3) is 0 Å². The molecule has 1 heterocycles. The zero-order valence-electron chi connectivity index (χ0n) is 8.15. The fraction of sp³-hybridized carbons (Fsp3) is 0.833. The molecule has 0 aromatic heterocycles. The molecule has 0 radical (unpaired) electrons. The second-order valence-corrected chi connectivity index (χ2v) is 4.52. The summed E-state index contributed by atoms with van der Waals surface area (Å²) in [5, 5.41) is 36.2. The van der Waals surface area contributed by atoms with Gasteiger partial charge in [0, 0.05) is 0 Å². The van der Waals surface area contributed by atoms with E-state index in [4.69, 9.17) is 25.1 Å². The highest BCUT2D eigenvalue weighted by molar-refractivity contribution is 7.46. The van der Waals surface area contributed by atoms with Crippen molar-refractivity contribution in [2.75, 3.05) is 0 Å². The number of phosphoric acid groups is 1. The molecule has 11 heteroatoms. The van der Waals surface area contributed by atoms with Gasteiger partial charge in [-0.25, -0.2) is 9.36 Å². The fourth-order valence-electron chi connectivity index (χ4n) is 1.33. The lowest BCUT2D eigenvalue weighted by Crippen LogP contribution is -2.60. The predicted octanol–water partition coefficient (Wildman–Crippen LogP) is -3.01. The Hall–Kier alpha value is -0.580. The van der Waals surface area contributed by atoms with Gasteiger partial charge in [0.2, 0.25) is 0 Å². The standard InChI is InChI=1S/C6H11O10P/c7-1-2(8)6(11)15-4(5(9)10)3(1)16-17(12,13)14/h1-4,6-8,11H,(H,9,10)(H2,12,13,14)/t1-,2-,3-,4+,6-/m1/s1. The molecule has 1 fully saturated rings. The molecule has 5 atom stereocenters. The average molecular weight is 274 g/mol. The molecule has 10 nitrogen and oxygen atoms in total. The molecular weight excluding hydrogens is 263 g/mol. The Morgan fingerprint density at radius 3 is 2.12 bits per heavy atom. The molecule has 1 aliphatic rings. The van der Waals surface area contributed by atoms with Gasteiger partial charge in [-0.3, -0.25) is 4.52 Å². The highest BCUT2D eigenvalue weighted by atomic mass is 31.2. The van der Waals surface area contributed by atoms with Crippen molar-refractivity contribution in [3.8, 4) is 0 Å². The van der Waals surface area contributed by atoms with Crippen LogP contribution < -0.4 is 0 Å². The van der Waals surface area contributed by atoms with E-state index in [0.717, 1.165) is 0 Å². The summed E-state index contributed by atoms with van der Waals surface area (Å²) in [5.41, 5.74) is 0. The van der Waals surface area contributed by atoms with Crippen molar-refractivity contribution in [2.45, 2.75) is 30.7 Å². The van der Waals surface area contributed by atoms with Gasteiger partial charge in [0.15, 0.2) is 12.4 Å². The molecule has 0 saturated carbocycles. The van der Waals surface area contributed by atoms with E-state index in [0.29, 0.717) is 0 Å². The third kappa shape index (κ3) is 3.44. The molecule has 6 N–H and O–H groups in total. The Morgan fingerprint density at radius 1 is 1.18 bits per heavy atom. The summed E-state index contributed by atoms with van der Waals surface area (Å²) in [6.07, 6.45) is -9.99. The summed E-state index contributed by atoms with van der Waals surface area (Å²) >= 11 is 0. The molecule has 0 aliphatic carbocycles. The van der Waals surface area contributed by atoms with E-state index in [9.17, 15) is 14.5 Å². The van der Waals surface area contributed by atoms with Crippen molar-refractivity contribution < 1.29 is 48.8 Å². The maximum atomic E-state index is 10.7. The number of rotatable bonds is 3. The lowest BCUT2D eigenvalue weighted by Gasteiger charge is -2.38. The van der Waals surface area contributed by atoms with Gasteiger partial charge in [-0.15, -0.1) is 0 Å². The average Bonchev–Trinajstić information content (AvgIpc) is 2.16. The Labute approximate surface area is 94.3 Å². The molecule has 1 saturated heterocycles. The number of aliphatic carboxylic acids is 1. The lowest BCUT2D eigenvalue weighted by atomic mass is 9.99. The van der Waals surface area contributed by atoms with Crippen molar-refractivity contribution in [3.05, 3.63) is 0 Å². The van der Waals surface area contributed by atoms with E-state index in [1.54, 1.807) is 0 Å². The maximum absolute atomic E-state index is 10.7. The second-order valence-electron chi connectivity index (χ2n) is 3.33. The normalized spacial score (nSPS) is 39.0. The summed E-state index contributed by atoms with van der Waals surface area (Å²) in [7, 11) is -5.09. The van der Waals surface area contributed by atoms with E-state index in [2.05, 4.69) is 9.26 Å². The molecule has 0 bridgehead atoms. The number of hydrogen-bond acceptors (Lipinski definition) is 7. The lowest BCUT2D eigenvalue weighted by molar-refractivity contribution is -0.277. The van der Waals surface area contributed by atoms with Gasteiger partial charge in [0.1, 0.15) is 18.3 Å². The number of aliphatic hydroxyl groups is 3. The zero-order chi connectivity index (χ0) is 13.4. The largest absolute Gasteiger partial charge is 0.479 e. The van der Waals surface area contributed by atoms with Crippen molar-refractivity contribution in [1.29, 1.82) is 0 Å². The fourth-order valence-corrected chi connectivity index (χ4v) is 1.88. The first kappa shape index (κ1) is 14.5. The van der Waals surface area contributed by atoms with Crippen LogP contribution in [0.2, 0.25) is 0 Å². The van der Waals surface area contributed by atoms with Crippen LogP contribution in [0.3, 0.4) is 0 Å². The van der Waals surface area contributed by atoms with E-state index in [-0.39, 0.29) is 0 Å². The van der Waals surface area contributed by atoms with Gasteiger partial charge in [-0.2, -0.15) is 0 Å². The molecule has 0 unspecified atom stereocenters. The summed E-state index contributed by atoms with van der Waals surface area (Å²) in [6.45, 7) is 0. The Morgan fingerprint density at radius 2 is 1.71 bits per heavy atom. The highest BCUT2D eigenvalue weighted by Crippen LogP contribution is 2.41. The topological polar surface area (TPSA) is 174 Å². The molecule has 100 valence electrons. The number of ether oxygens (including phenoxy) is 1.